The molecule has 1 amide bonds. The van der Waals surface area contributed by atoms with Gasteiger partial charge in [-0.25, -0.2) is 0 Å². The number of carbonyl (C=O) groups is 1. The molecule has 0 aliphatic rings. The highest BCUT2D eigenvalue weighted by Crippen LogP contribution is 2.20. The second kappa shape index (κ2) is 8.72. The Kier molecular flexibility index (Phi) is 6.40. The quantitative estimate of drug-likeness (QED) is 0.420. The summed E-state index contributed by atoms with van der Waals surface area (Å²) in [6, 6.07) is 15.3. The van der Waals surface area contributed by atoms with Gasteiger partial charge >= 0.3 is 0 Å². The lowest BCUT2D eigenvalue weighted by Gasteiger charge is -2.14. The van der Waals surface area contributed by atoms with E-state index in [1.54, 1.807) is 0 Å². The second-order valence-corrected chi connectivity index (χ2v) is 6.20. The third-order valence-corrected chi connectivity index (χ3v) is 4.18. The minimum atomic E-state index is -0.433. The van der Waals surface area contributed by atoms with E-state index in [0.29, 0.717) is 11.4 Å². The van der Waals surface area contributed by atoms with Crippen molar-refractivity contribution in [1.82, 2.24) is 5.32 Å². The number of rotatable bonds is 6. The molecule has 4 N–H and O–H groups in total. The van der Waals surface area contributed by atoms with Gasteiger partial charge in [-0.3, -0.25) is 4.79 Å². The zero-order chi connectivity index (χ0) is 19.1. The number of aryl methyl sites for hydroxylation is 2. The number of hydrogen-bond donors (Lipinski definition) is 3. The minimum Gasteiger partial charge on any atom is -0.397 e. The molecule has 0 aliphatic carbocycles. The average molecular weight is 348 g/mol. The SMILES string of the molecule is CCc1ccc(C(C)NC(=O)/C(C#N)=C\Nc2ccc(C)cc2N)cc1. The molecule has 2 aromatic carbocycles. The van der Waals surface area contributed by atoms with Crippen LogP contribution >= 0.6 is 0 Å². The van der Waals surface area contributed by atoms with Gasteiger partial charge in [0.05, 0.1) is 17.4 Å². The van der Waals surface area contributed by atoms with E-state index in [4.69, 9.17) is 5.73 Å². The molecular weight excluding hydrogens is 324 g/mol. The molecule has 5 nitrogen and oxygen atoms in total. The van der Waals surface area contributed by atoms with Gasteiger partial charge < -0.3 is 16.4 Å². The third-order valence-electron chi connectivity index (χ3n) is 4.18. The Morgan fingerprint density at radius 3 is 2.54 bits per heavy atom. The van der Waals surface area contributed by atoms with Crippen molar-refractivity contribution in [1.29, 1.82) is 5.26 Å². The summed E-state index contributed by atoms with van der Waals surface area (Å²) in [6.07, 6.45) is 2.35. The van der Waals surface area contributed by atoms with Gasteiger partial charge in [-0.05, 0) is 49.1 Å². The molecule has 0 saturated heterocycles. The molecule has 5 heteroatoms. The van der Waals surface area contributed by atoms with Crippen molar-refractivity contribution in [2.45, 2.75) is 33.2 Å². The van der Waals surface area contributed by atoms with E-state index >= 15 is 0 Å². The first-order valence-corrected chi connectivity index (χ1v) is 8.57. The van der Waals surface area contributed by atoms with Crippen LogP contribution in [0.25, 0.3) is 0 Å². The average Bonchev–Trinajstić information content (AvgIpc) is 2.63. The zero-order valence-electron chi connectivity index (χ0n) is 15.3. The van der Waals surface area contributed by atoms with Crippen LogP contribution in [-0.2, 0) is 11.2 Å². The van der Waals surface area contributed by atoms with Gasteiger partial charge in [-0.1, -0.05) is 37.3 Å². The first-order valence-electron chi connectivity index (χ1n) is 8.57. The molecule has 0 radical (unpaired) electrons. The van der Waals surface area contributed by atoms with Crippen LogP contribution in [0, 0.1) is 18.3 Å². The number of nitriles is 1. The number of nitrogens with one attached hydrogen (secondary N) is 2. The molecule has 0 fully saturated rings. The number of amides is 1. The zero-order valence-corrected chi connectivity index (χ0v) is 15.3. The van der Waals surface area contributed by atoms with Crippen molar-refractivity contribution in [2.24, 2.45) is 0 Å². The van der Waals surface area contributed by atoms with Crippen molar-refractivity contribution in [3.8, 4) is 6.07 Å². The van der Waals surface area contributed by atoms with Crippen LogP contribution in [0.2, 0.25) is 0 Å². The highest BCUT2D eigenvalue weighted by molar-refractivity contribution is 5.97. The van der Waals surface area contributed by atoms with Gasteiger partial charge in [0.15, 0.2) is 0 Å². The fourth-order valence-electron chi connectivity index (χ4n) is 2.51. The van der Waals surface area contributed by atoms with Crippen LogP contribution in [-0.4, -0.2) is 5.91 Å². The van der Waals surface area contributed by atoms with E-state index in [2.05, 4.69) is 17.6 Å². The summed E-state index contributed by atoms with van der Waals surface area (Å²) in [4.78, 5) is 12.4. The Morgan fingerprint density at radius 1 is 1.27 bits per heavy atom. The first kappa shape index (κ1) is 19.1. The molecule has 0 aromatic heterocycles. The Morgan fingerprint density at radius 2 is 1.96 bits per heavy atom. The Labute approximate surface area is 154 Å². The van der Waals surface area contributed by atoms with E-state index in [1.165, 1.54) is 11.8 Å². The van der Waals surface area contributed by atoms with Crippen molar-refractivity contribution in [3.05, 3.63) is 70.9 Å². The van der Waals surface area contributed by atoms with E-state index in [1.807, 2.05) is 62.4 Å². The lowest BCUT2D eigenvalue weighted by Crippen LogP contribution is -2.28. The topological polar surface area (TPSA) is 90.9 Å². The van der Waals surface area contributed by atoms with Crippen LogP contribution in [0.4, 0.5) is 11.4 Å². The molecule has 26 heavy (non-hydrogen) atoms. The summed E-state index contributed by atoms with van der Waals surface area (Å²) in [5, 5.41) is 15.1. The largest absolute Gasteiger partial charge is 0.397 e. The molecule has 0 heterocycles. The maximum absolute atomic E-state index is 12.4. The smallest absolute Gasteiger partial charge is 0.263 e. The molecule has 2 rings (SSSR count). The standard InChI is InChI=1S/C21H24N4O/c1-4-16-6-8-17(9-7-16)15(3)25-21(26)18(12-22)13-24-20-10-5-14(2)11-19(20)23/h5-11,13,15,24H,4,23H2,1-3H3,(H,25,26)/b18-13-. The molecule has 134 valence electrons. The number of nitrogens with zero attached hydrogens (tertiary/aromatic N) is 1. The summed E-state index contributed by atoms with van der Waals surface area (Å²) in [5.41, 5.74) is 10.4. The maximum Gasteiger partial charge on any atom is 0.263 e. The predicted molar refractivity (Wildman–Crippen MR) is 105 cm³/mol. The molecular formula is C21H24N4O. The van der Waals surface area contributed by atoms with Crippen molar-refractivity contribution in [3.63, 3.8) is 0 Å². The van der Waals surface area contributed by atoms with E-state index < -0.39 is 5.91 Å². The van der Waals surface area contributed by atoms with Crippen molar-refractivity contribution >= 4 is 17.3 Å². The van der Waals surface area contributed by atoms with Crippen LogP contribution in [0.5, 0.6) is 0 Å². The summed E-state index contributed by atoms with van der Waals surface area (Å²) in [5.74, 6) is -0.433. The monoisotopic (exact) mass is 348 g/mol. The maximum atomic E-state index is 12.4. The second-order valence-electron chi connectivity index (χ2n) is 6.20. The van der Waals surface area contributed by atoms with E-state index in [-0.39, 0.29) is 11.6 Å². The first-order chi connectivity index (χ1) is 12.4. The van der Waals surface area contributed by atoms with Gasteiger partial charge in [0.1, 0.15) is 11.6 Å². The number of hydrogen-bond acceptors (Lipinski definition) is 4. The van der Waals surface area contributed by atoms with Crippen LogP contribution < -0.4 is 16.4 Å². The molecule has 0 saturated carbocycles. The van der Waals surface area contributed by atoms with E-state index in [0.717, 1.165) is 17.5 Å². The van der Waals surface area contributed by atoms with Crippen molar-refractivity contribution in [2.75, 3.05) is 11.1 Å². The fourth-order valence-corrected chi connectivity index (χ4v) is 2.51. The number of nitrogen functional groups attached to an aromatic ring is 1. The lowest BCUT2D eigenvalue weighted by atomic mass is 10.0. The third kappa shape index (κ3) is 4.87. The predicted octanol–water partition coefficient (Wildman–Crippen LogP) is 3.84. The summed E-state index contributed by atoms with van der Waals surface area (Å²) < 4.78 is 0. The number of benzene rings is 2. The Balaban J connectivity index is 2.06. The normalized spacial score (nSPS) is 12.2. The lowest BCUT2D eigenvalue weighted by molar-refractivity contribution is -0.117. The van der Waals surface area contributed by atoms with Crippen LogP contribution in [0.15, 0.2) is 54.2 Å². The fraction of sp³-hybridized carbons (Fsp3) is 0.238. The highest BCUT2D eigenvalue weighted by atomic mass is 16.1. The number of anilines is 2. The molecule has 2 aromatic rings. The molecule has 1 atom stereocenters. The van der Waals surface area contributed by atoms with Gasteiger partial charge in [-0.2, -0.15) is 5.26 Å². The molecule has 0 spiro atoms. The highest BCUT2D eigenvalue weighted by Gasteiger charge is 2.14. The van der Waals surface area contributed by atoms with Crippen LogP contribution in [0.1, 0.15) is 36.6 Å². The Bertz CT molecular complexity index is 847. The molecule has 0 bridgehead atoms. The summed E-state index contributed by atoms with van der Waals surface area (Å²) >= 11 is 0. The van der Waals surface area contributed by atoms with Gasteiger partial charge in [0.25, 0.3) is 5.91 Å². The minimum absolute atomic E-state index is 0.0120. The van der Waals surface area contributed by atoms with Gasteiger partial charge in [0, 0.05) is 6.20 Å². The van der Waals surface area contributed by atoms with Crippen molar-refractivity contribution < 1.29 is 4.79 Å². The molecule has 0 aliphatic heterocycles. The summed E-state index contributed by atoms with van der Waals surface area (Å²) in [6.45, 7) is 5.93. The van der Waals surface area contributed by atoms with Crippen LogP contribution in [0.3, 0.4) is 0 Å². The number of nitrogens with two attached hydrogens (primary N) is 1. The molecule has 1 unspecified atom stereocenters. The Hall–Kier alpha value is -3.26. The summed E-state index contributed by atoms with van der Waals surface area (Å²) in [7, 11) is 0. The van der Waals surface area contributed by atoms with Gasteiger partial charge in [0.2, 0.25) is 0 Å². The van der Waals surface area contributed by atoms with E-state index in [9.17, 15) is 10.1 Å². The van der Waals surface area contributed by atoms with Gasteiger partial charge in [-0.15, -0.1) is 0 Å². The number of carbonyl (C=O) groups excluding carboxylic acids is 1.